The van der Waals surface area contributed by atoms with E-state index in [2.05, 4.69) is 18.7 Å². The number of alkyl halides is 1. The molecule has 0 atom stereocenters. The minimum absolute atomic E-state index is 0.0868. The van der Waals surface area contributed by atoms with E-state index in [9.17, 15) is 8.78 Å². The fourth-order valence-corrected chi connectivity index (χ4v) is 2.93. The number of nitrogens with two attached hydrogens (primary N) is 1. The number of benzene rings is 1. The molecular weight excluding hydrogens is 270 g/mol. The Balaban J connectivity index is 0.00000106. The zero-order valence-electron chi connectivity index (χ0n) is 13.4. The lowest BCUT2D eigenvalue weighted by atomic mass is 9.89. The average molecular weight is 298 g/mol. The Hall–Kier alpha value is -1.00. The molecule has 1 saturated heterocycles. The highest BCUT2D eigenvalue weighted by atomic mass is 19.1. The quantitative estimate of drug-likeness (QED) is 0.921. The van der Waals surface area contributed by atoms with Crippen LogP contribution in [-0.2, 0) is 13.0 Å². The summed E-state index contributed by atoms with van der Waals surface area (Å²) in [4.78, 5) is 2.50. The number of hydrogen-bond donors (Lipinski definition) is 1. The van der Waals surface area contributed by atoms with E-state index in [-0.39, 0.29) is 12.4 Å². The molecule has 2 nitrogen and oxygen atoms in total. The summed E-state index contributed by atoms with van der Waals surface area (Å²) in [5.74, 6) is 0.522. The minimum atomic E-state index is -0.0868. The van der Waals surface area contributed by atoms with E-state index in [1.807, 2.05) is 12.1 Å². The van der Waals surface area contributed by atoms with Crippen LogP contribution in [0.2, 0.25) is 0 Å². The zero-order valence-corrected chi connectivity index (χ0v) is 13.4. The van der Waals surface area contributed by atoms with E-state index in [1.54, 1.807) is 6.07 Å². The van der Waals surface area contributed by atoms with E-state index in [4.69, 9.17) is 5.73 Å². The van der Waals surface area contributed by atoms with Crippen LogP contribution < -0.4 is 5.73 Å². The van der Waals surface area contributed by atoms with Gasteiger partial charge < -0.3 is 10.6 Å². The summed E-state index contributed by atoms with van der Waals surface area (Å²) in [6.45, 7) is 7.04. The van der Waals surface area contributed by atoms with Gasteiger partial charge in [0.25, 0.3) is 0 Å². The SMILES string of the molecule is CC(C)N1CCC(Cc2cccc(CN)c2F)CC1.CF. The van der Waals surface area contributed by atoms with Crippen LogP contribution in [0.15, 0.2) is 18.2 Å². The number of rotatable bonds is 4. The van der Waals surface area contributed by atoms with Gasteiger partial charge in [-0.3, -0.25) is 4.39 Å². The highest BCUT2D eigenvalue weighted by molar-refractivity contribution is 5.26. The molecule has 0 radical (unpaired) electrons. The molecule has 0 saturated carbocycles. The fraction of sp³-hybridized carbons (Fsp3) is 0.647. The standard InChI is InChI=1S/C16H25FN2.CH3F/c1-12(2)19-8-6-13(7-9-19)10-14-4-3-5-15(11-18)16(14)17;1-2/h3-5,12-13H,6-11,18H2,1-2H3;1H3. The predicted octanol–water partition coefficient (Wildman–Crippen LogP) is 3.53. The maximum Gasteiger partial charge on any atom is 0.130 e. The van der Waals surface area contributed by atoms with E-state index in [0.29, 0.717) is 24.7 Å². The van der Waals surface area contributed by atoms with Gasteiger partial charge in [0.05, 0.1) is 7.18 Å². The molecule has 1 aromatic carbocycles. The highest BCUT2D eigenvalue weighted by Gasteiger charge is 2.22. The summed E-state index contributed by atoms with van der Waals surface area (Å²) in [5.41, 5.74) is 7.03. The molecule has 1 fully saturated rings. The molecule has 1 aliphatic heterocycles. The van der Waals surface area contributed by atoms with Gasteiger partial charge in [-0.2, -0.15) is 0 Å². The van der Waals surface area contributed by atoms with Crippen molar-refractivity contribution in [3.05, 3.63) is 35.1 Å². The van der Waals surface area contributed by atoms with Crippen molar-refractivity contribution < 1.29 is 8.78 Å². The molecule has 1 aromatic rings. The number of nitrogens with zero attached hydrogens (tertiary/aromatic N) is 1. The molecule has 0 amide bonds. The largest absolute Gasteiger partial charge is 0.326 e. The Labute approximate surface area is 127 Å². The third-order valence-electron chi connectivity index (χ3n) is 4.27. The lowest BCUT2D eigenvalue weighted by Gasteiger charge is -2.34. The molecule has 0 bridgehead atoms. The second-order valence-corrected chi connectivity index (χ2v) is 5.87. The normalized spacial score (nSPS) is 16.7. The van der Waals surface area contributed by atoms with Crippen LogP contribution in [0.25, 0.3) is 0 Å². The molecule has 0 spiro atoms. The summed E-state index contributed by atoms with van der Waals surface area (Å²) in [5, 5.41) is 0. The summed E-state index contributed by atoms with van der Waals surface area (Å²) in [7, 11) is 0.500. The number of likely N-dealkylation sites (tertiary alicyclic amines) is 1. The van der Waals surface area contributed by atoms with Gasteiger partial charge in [0.15, 0.2) is 0 Å². The predicted molar refractivity (Wildman–Crippen MR) is 84.5 cm³/mol. The van der Waals surface area contributed by atoms with Gasteiger partial charge in [-0.1, -0.05) is 18.2 Å². The first kappa shape index (κ1) is 18.1. The maximum absolute atomic E-state index is 14.1. The molecule has 1 aliphatic rings. The molecule has 2 rings (SSSR count). The fourth-order valence-electron chi connectivity index (χ4n) is 2.93. The molecule has 4 heteroatoms. The van der Waals surface area contributed by atoms with Crippen LogP contribution in [0.3, 0.4) is 0 Å². The Morgan fingerprint density at radius 3 is 2.29 bits per heavy atom. The lowest BCUT2D eigenvalue weighted by molar-refractivity contribution is 0.149. The topological polar surface area (TPSA) is 29.3 Å². The second kappa shape index (κ2) is 9.11. The van der Waals surface area contributed by atoms with Gasteiger partial charge in [-0.15, -0.1) is 0 Å². The Kier molecular flexibility index (Phi) is 7.83. The molecule has 0 aromatic heterocycles. The first-order valence-electron chi connectivity index (χ1n) is 7.70. The van der Waals surface area contributed by atoms with E-state index in [0.717, 1.165) is 25.1 Å². The molecule has 120 valence electrons. The smallest absolute Gasteiger partial charge is 0.130 e. The minimum Gasteiger partial charge on any atom is -0.326 e. The van der Waals surface area contributed by atoms with Crippen LogP contribution in [0.4, 0.5) is 8.78 Å². The van der Waals surface area contributed by atoms with Crippen LogP contribution in [-0.4, -0.2) is 31.2 Å². The lowest BCUT2D eigenvalue weighted by Crippen LogP contribution is -2.38. The van der Waals surface area contributed by atoms with Gasteiger partial charge in [-0.05, 0) is 57.7 Å². The number of piperidine rings is 1. The summed E-state index contributed by atoms with van der Waals surface area (Å²) in [6, 6.07) is 6.23. The number of hydrogen-bond acceptors (Lipinski definition) is 2. The molecule has 0 unspecified atom stereocenters. The molecule has 2 N–H and O–H groups in total. The average Bonchev–Trinajstić information content (AvgIpc) is 2.52. The molecule has 1 heterocycles. The zero-order chi connectivity index (χ0) is 15.8. The van der Waals surface area contributed by atoms with Crippen LogP contribution >= 0.6 is 0 Å². The first-order chi connectivity index (χ1) is 10.1. The van der Waals surface area contributed by atoms with Gasteiger partial charge >= 0.3 is 0 Å². The summed E-state index contributed by atoms with van der Waals surface area (Å²) >= 11 is 0. The maximum atomic E-state index is 14.1. The Morgan fingerprint density at radius 1 is 1.19 bits per heavy atom. The summed E-state index contributed by atoms with van der Waals surface area (Å²) in [6.07, 6.45) is 3.19. The first-order valence-corrected chi connectivity index (χ1v) is 7.70. The van der Waals surface area contributed by atoms with E-state index in [1.165, 1.54) is 12.8 Å². The Bertz CT molecular complexity index is 413. The Morgan fingerprint density at radius 2 is 1.76 bits per heavy atom. The third-order valence-corrected chi connectivity index (χ3v) is 4.27. The van der Waals surface area contributed by atoms with Crippen molar-refractivity contribution in [2.75, 3.05) is 20.3 Å². The van der Waals surface area contributed by atoms with E-state index >= 15 is 0 Å². The van der Waals surface area contributed by atoms with Gasteiger partial charge in [0.1, 0.15) is 5.82 Å². The van der Waals surface area contributed by atoms with Crippen molar-refractivity contribution in [3.63, 3.8) is 0 Å². The van der Waals surface area contributed by atoms with E-state index < -0.39 is 0 Å². The van der Waals surface area contributed by atoms with Crippen molar-refractivity contribution in [1.82, 2.24) is 4.90 Å². The van der Waals surface area contributed by atoms with Crippen LogP contribution in [0.1, 0.15) is 37.8 Å². The van der Waals surface area contributed by atoms with Crippen molar-refractivity contribution >= 4 is 0 Å². The highest BCUT2D eigenvalue weighted by Crippen LogP contribution is 2.24. The van der Waals surface area contributed by atoms with Crippen LogP contribution in [0.5, 0.6) is 0 Å². The molecule has 0 aliphatic carbocycles. The van der Waals surface area contributed by atoms with Crippen molar-refractivity contribution in [1.29, 1.82) is 0 Å². The summed E-state index contributed by atoms with van der Waals surface area (Å²) < 4.78 is 23.6. The van der Waals surface area contributed by atoms with Crippen molar-refractivity contribution in [3.8, 4) is 0 Å². The van der Waals surface area contributed by atoms with Gasteiger partial charge in [-0.25, -0.2) is 4.39 Å². The van der Waals surface area contributed by atoms with Gasteiger partial charge in [0.2, 0.25) is 0 Å². The second-order valence-electron chi connectivity index (χ2n) is 5.87. The molecule has 21 heavy (non-hydrogen) atoms. The number of halogens is 2. The molecular formula is C17H28F2N2. The van der Waals surface area contributed by atoms with Crippen molar-refractivity contribution in [2.24, 2.45) is 11.7 Å². The van der Waals surface area contributed by atoms with Gasteiger partial charge in [0, 0.05) is 18.2 Å². The monoisotopic (exact) mass is 298 g/mol. The van der Waals surface area contributed by atoms with Crippen molar-refractivity contribution in [2.45, 2.75) is 45.7 Å². The third kappa shape index (κ3) is 5.04. The van der Waals surface area contributed by atoms with Crippen LogP contribution in [0, 0.1) is 11.7 Å².